The highest BCUT2D eigenvalue weighted by Gasteiger charge is 2.20. The summed E-state index contributed by atoms with van der Waals surface area (Å²) in [4.78, 5) is 26.9. The number of nitrogens with zero attached hydrogens (tertiary/aromatic N) is 2. The van der Waals surface area contributed by atoms with Crippen molar-refractivity contribution >= 4 is 23.3 Å². The monoisotopic (exact) mass is 284 g/mol. The number of rotatable bonds is 6. The number of amides is 2. The SMILES string of the molecule is CC(Cc1cccs1)N(C)C(=O)N(C)CCC(=O)O. The summed E-state index contributed by atoms with van der Waals surface area (Å²) in [6.45, 7) is 2.22. The van der Waals surface area contributed by atoms with Crippen LogP contribution in [0.25, 0.3) is 0 Å². The standard InChI is InChI=1S/C13H20N2O3S/c1-10(9-11-5-4-8-19-11)15(3)13(18)14(2)7-6-12(16)17/h4-5,8,10H,6-7,9H2,1-3H3,(H,16,17). The van der Waals surface area contributed by atoms with Gasteiger partial charge >= 0.3 is 12.0 Å². The molecule has 1 unspecified atom stereocenters. The summed E-state index contributed by atoms with van der Waals surface area (Å²) < 4.78 is 0. The van der Waals surface area contributed by atoms with Crippen LogP contribution in [0.5, 0.6) is 0 Å². The molecule has 19 heavy (non-hydrogen) atoms. The van der Waals surface area contributed by atoms with E-state index in [0.29, 0.717) is 0 Å². The van der Waals surface area contributed by atoms with Crippen LogP contribution < -0.4 is 0 Å². The van der Waals surface area contributed by atoms with Crippen molar-refractivity contribution in [1.82, 2.24) is 9.80 Å². The number of carboxylic acids is 1. The van der Waals surface area contributed by atoms with E-state index in [-0.39, 0.29) is 25.0 Å². The van der Waals surface area contributed by atoms with Gasteiger partial charge in [-0.25, -0.2) is 4.79 Å². The summed E-state index contributed by atoms with van der Waals surface area (Å²) in [5, 5.41) is 10.6. The van der Waals surface area contributed by atoms with Gasteiger partial charge in [0.2, 0.25) is 0 Å². The number of urea groups is 1. The summed E-state index contributed by atoms with van der Waals surface area (Å²) in [5.74, 6) is -0.895. The third-order valence-corrected chi connectivity index (χ3v) is 3.93. The van der Waals surface area contributed by atoms with Crippen molar-refractivity contribution in [3.8, 4) is 0 Å². The van der Waals surface area contributed by atoms with E-state index in [1.807, 2.05) is 24.4 Å². The number of carboxylic acid groups (broad SMARTS) is 1. The minimum absolute atomic E-state index is 0.0324. The number of carbonyl (C=O) groups is 2. The maximum Gasteiger partial charge on any atom is 0.319 e. The van der Waals surface area contributed by atoms with Gasteiger partial charge in [-0.05, 0) is 18.4 Å². The lowest BCUT2D eigenvalue weighted by Crippen LogP contribution is -2.44. The Bertz CT molecular complexity index is 420. The van der Waals surface area contributed by atoms with Gasteiger partial charge in [-0.3, -0.25) is 4.79 Å². The summed E-state index contributed by atoms with van der Waals surface area (Å²) in [6.07, 6.45) is 0.780. The van der Waals surface area contributed by atoms with Crippen molar-refractivity contribution in [3.05, 3.63) is 22.4 Å². The van der Waals surface area contributed by atoms with Gasteiger partial charge in [0.1, 0.15) is 0 Å². The van der Waals surface area contributed by atoms with Crippen LogP contribution >= 0.6 is 11.3 Å². The Balaban J connectivity index is 2.48. The molecule has 0 saturated heterocycles. The molecule has 0 radical (unpaired) electrons. The molecule has 106 valence electrons. The van der Waals surface area contributed by atoms with Crippen LogP contribution in [-0.2, 0) is 11.2 Å². The average molecular weight is 284 g/mol. The van der Waals surface area contributed by atoms with Gasteiger partial charge in [-0.2, -0.15) is 0 Å². The zero-order valence-corrected chi connectivity index (χ0v) is 12.3. The van der Waals surface area contributed by atoms with E-state index in [9.17, 15) is 9.59 Å². The molecule has 0 saturated carbocycles. The van der Waals surface area contributed by atoms with Gasteiger partial charge in [0, 0.05) is 38.0 Å². The molecular weight excluding hydrogens is 264 g/mol. The molecule has 1 aromatic rings. The minimum atomic E-state index is -0.895. The minimum Gasteiger partial charge on any atom is -0.481 e. The van der Waals surface area contributed by atoms with Crippen molar-refractivity contribution in [3.63, 3.8) is 0 Å². The van der Waals surface area contributed by atoms with Gasteiger partial charge < -0.3 is 14.9 Å². The van der Waals surface area contributed by atoms with Crippen LogP contribution in [0.4, 0.5) is 4.79 Å². The maximum atomic E-state index is 12.1. The van der Waals surface area contributed by atoms with Crippen LogP contribution in [-0.4, -0.2) is 53.6 Å². The van der Waals surface area contributed by atoms with Crippen molar-refractivity contribution in [1.29, 1.82) is 0 Å². The molecule has 1 rings (SSSR count). The summed E-state index contributed by atoms with van der Waals surface area (Å²) >= 11 is 1.67. The van der Waals surface area contributed by atoms with Crippen molar-refractivity contribution in [2.45, 2.75) is 25.8 Å². The molecule has 6 heteroatoms. The normalized spacial score (nSPS) is 11.9. The average Bonchev–Trinajstić information content (AvgIpc) is 2.86. The molecule has 0 bridgehead atoms. The second kappa shape index (κ2) is 7.13. The van der Waals surface area contributed by atoms with E-state index < -0.39 is 5.97 Å². The lowest BCUT2D eigenvalue weighted by Gasteiger charge is -2.29. The molecular formula is C13H20N2O3S. The van der Waals surface area contributed by atoms with Crippen LogP contribution in [0.2, 0.25) is 0 Å². The molecule has 0 aliphatic carbocycles. The lowest BCUT2D eigenvalue weighted by molar-refractivity contribution is -0.137. The Morgan fingerprint density at radius 2 is 2.11 bits per heavy atom. The van der Waals surface area contributed by atoms with Gasteiger partial charge in [-0.15, -0.1) is 11.3 Å². The molecule has 0 fully saturated rings. The predicted octanol–water partition coefficient (Wildman–Crippen LogP) is 2.14. The number of thiophene rings is 1. The van der Waals surface area contributed by atoms with Gasteiger partial charge in [0.15, 0.2) is 0 Å². The van der Waals surface area contributed by atoms with E-state index in [1.165, 1.54) is 9.78 Å². The number of hydrogen-bond donors (Lipinski definition) is 1. The first-order valence-electron chi connectivity index (χ1n) is 6.14. The Labute approximate surface area is 117 Å². The fourth-order valence-corrected chi connectivity index (χ4v) is 2.50. The zero-order chi connectivity index (χ0) is 14.4. The molecule has 0 aromatic carbocycles. The first-order valence-corrected chi connectivity index (χ1v) is 7.02. The molecule has 1 aromatic heterocycles. The molecule has 0 aliphatic heterocycles. The Morgan fingerprint density at radius 3 is 2.63 bits per heavy atom. The highest BCUT2D eigenvalue weighted by atomic mass is 32.1. The molecule has 1 atom stereocenters. The predicted molar refractivity (Wildman–Crippen MR) is 75.5 cm³/mol. The van der Waals surface area contributed by atoms with Crippen molar-refractivity contribution in [2.24, 2.45) is 0 Å². The van der Waals surface area contributed by atoms with E-state index in [4.69, 9.17) is 5.11 Å². The second-order valence-electron chi connectivity index (χ2n) is 4.59. The largest absolute Gasteiger partial charge is 0.481 e. The Kier molecular flexibility index (Phi) is 5.82. The van der Waals surface area contributed by atoms with Crippen molar-refractivity contribution in [2.75, 3.05) is 20.6 Å². The number of aliphatic carboxylic acids is 1. The second-order valence-corrected chi connectivity index (χ2v) is 5.62. The van der Waals surface area contributed by atoms with E-state index in [2.05, 4.69) is 0 Å². The van der Waals surface area contributed by atoms with Gasteiger partial charge in [-0.1, -0.05) is 6.07 Å². The van der Waals surface area contributed by atoms with Crippen molar-refractivity contribution < 1.29 is 14.7 Å². The quantitative estimate of drug-likeness (QED) is 0.870. The fourth-order valence-electron chi connectivity index (χ4n) is 1.67. The maximum absolute atomic E-state index is 12.1. The summed E-state index contributed by atoms with van der Waals surface area (Å²) in [7, 11) is 3.37. The third-order valence-electron chi connectivity index (χ3n) is 3.03. The molecule has 0 spiro atoms. The highest BCUT2D eigenvalue weighted by Crippen LogP contribution is 2.14. The van der Waals surface area contributed by atoms with E-state index >= 15 is 0 Å². The highest BCUT2D eigenvalue weighted by molar-refractivity contribution is 7.09. The molecule has 1 heterocycles. The first-order chi connectivity index (χ1) is 8.91. The summed E-state index contributed by atoms with van der Waals surface area (Å²) in [5.41, 5.74) is 0. The molecule has 2 amide bonds. The lowest BCUT2D eigenvalue weighted by atomic mass is 10.2. The van der Waals surface area contributed by atoms with E-state index in [0.717, 1.165) is 6.42 Å². The number of hydrogen-bond acceptors (Lipinski definition) is 3. The Morgan fingerprint density at radius 1 is 1.42 bits per heavy atom. The smallest absolute Gasteiger partial charge is 0.319 e. The molecule has 0 aliphatic rings. The number of likely N-dealkylation sites (N-methyl/N-ethyl adjacent to an activating group) is 1. The fraction of sp³-hybridized carbons (Fsp3) is 0.538. The van der Waals surface area contributed by atoms with Gasteiger partial charge in [0.05, 0.1) is 6.42 Å². The van der Waals surface area contributed by atoms with Crippen LogP contribution in [0.3, 0.4) is 0 Å². The first kappa shape index (κ1) is 15.5. The van der Waals surface area contributed by atoms with Crippen LogP contribution in [0.15, 0.2) is 17.5 Å². The topological polar surface area (TPSA) is 60.9 Å². The molecule has 1 N–H and O–H groups in total. The Hall–Kier alpha value is -1.56. The molecule has 5 nitrogen and oxygen atoms in total. The van der Waals surface area contributed by atoms with Crippen LogP contribution in [0.1, 0.15) is 18.2 Å². The third kappa shape index (κ3) is 4.90. The van der Waals surface area contributed by atoms with Crippen LogP contribution in [0, 0.1) is 0 Å². The number of carbonyl (C=O) groups excluding carboxylic acids is 1. The van der Waals surface area contributed by atoms with Gasteiger partial charge in [0.25, 0.3) is 0 Å². The zero-order valence-electron chi connectivity index (χ0n) is 11.5. The van der Waals surface area contributed by atoms with E-state index in [1.54, 1.807) is 30.3 Å². The summed E-state index contributed by atoms with van der Waals surface area (Å²) in [6, 6.07) is 3.98.